The largest absolute Gasteiger partial charge is 0.337 e. The second kappa shape index (κ2) is 4.88. The van der Waals surface area contributed by atoms with Crippen molar-refractivity contribution >= 4 is 11.8 Å². The Balaban J connectivity index is 1.82. The highest BCUT2D eigenvalue weighted by molar-refractivity contribution is 6.21. The smallest absolute Gasteiger partial charge is 0.262 e. The van der Waals surface area contributed by atoms with Gasteiger partial charge >= 0.3 is 0 Å². The quantitative estimate of drug-likeness (QED) is 0.793. The first-order valence-electron chi connectivity index (χ1n) is 6.47. The molecule has 0 saturated heterocycles. The summed E-state index contributed by atoms with van der Waals surface area (Å²) in [6.45, 7) is 2.03. The fourth-order valence-electron chi connectivity index (χ4n) is 2.20. The molecule has 1 aromatic heterocycles. The number of amides is 2. The van der Waals surface area contributed by atoms with Crippen LogP contribution >= 0.6 is 0 Å². The second-order valence-corrected chi connectivity index (χ2v) is 4.60. The summed E-state index contributed by atoms with van der Waals surface area (Å²) in [5.74, 6) is 0.240. The lowest BCUT2D eigenvalue weighted by molar-refractivity contribution is 0.0625. The van der Waals surface area contributed by atoms with E-state index in [2.05, 4.69) is 10.1 Å². The lowest BCUT2D eigenvalue weighted by Gasteiger charge is -2.09. The Hall–Kier alpha value is -2.50. The topological polar surface area (TPSA) is 76.3 Å². The van der Waals surface area contributed by atoms with Crippen LogP contribution in [0.1, 0.15) is 45.8 Å². The highest BCUT2D eigenvalue weighted by atomic mass is 16.5. The normalized spacial score (nSPS) is 13.9. The molecule has 0 N–H and O–H groups in total. The maximum atomic E-state index is 12.2. The number of hydrogen-bond acceptors (Lipinski definition) is 5. The van der Waals surface area contributed by atoms with E-state index in [1.807, 2.05) is 6.92 Å². The molecule has 0 bridgehead atoms. The van der Waals surface area contributed by atoms with E-state index in [0.717, 1.165) is 11.3 Å². The lowest BCUT2D eigenvalue weighted by Crippen LogP contribution is -2.29. The number of nitrogens with zero attached hydrogens (tertiary/aromatic N) is 3. The molecule has 2 amide bonds. The van der Waals surface area contributed by atoms with Crippen LogP contribution in [0, 0.1) is 0 Å². The monoisotopic (exact) mass is 271 g/mol. The van der Waals surface area contributed by atoms with Gasteiger partial charge in [-0.2, -0.15) is 4.98 Å². The van der Waals surface area contributed by atoms with E-state index in [1.54, 1.807) is 24.3 Å². The van der Waals surface area contributed by atoms with Crippen LogP contribution in [0.4, 0.5) is 0 Å². The van der Waals surface area contributed by atoms with E-state index in [-0.39, 0.29) is 24.2 Å². The first kappa shape index (κ1) is 12.5. The van der Waals surface area contributed by atoms with Gasteiger partial charge in [-0.25, -0.2) is 0 Å². The zero-order valence-corrected chi connectivity index (χ0v) is 11.0. The summed E-state index contributed by atoms with van der Waals surface area (Å²) < 4.78 is 5.07. The van der Waals surface area contributed by atoms with Gasteiger partial charge < -0.3 is 4.52 Å². The third kappa shape index (κ3) is 1.99. The molecule has 3 rings (SSSR count). The van der Waals surface area contributed by atoms with Crippen molar-refractivity contribution < 1.29 is 14.1 Å². The fourth-order valence-corrected chi connectivity index (χ4v) is 2.20. The van der Waals surface area contributed by atoms with Crippen molar-refractivity contribution in [1.82, 2.24) is 15.0 Å². The summed E-state index contributed by atoms with van der Waals surface area (Å²) in [7, 11) is 0. The Morgan fingerprint density at radius 1 is 1.15 bits per heavy atom. The molecule has 0 aliphatic carbocycles. The number of imide groups is 1. The van der Waals surface area contributed by atoms with E-state index in [1.165, 1.54) is 0 Å². The summed E-state index contributed by atoms with van der Waals surface area (Å²) in [5.41, 5.74) is 0.844. The predicted molar refractivity (Wildman–Crippen MR) is 68.9 cm³/mol. The molecular formula is C14H13N3O3. The number of aromatic nitrogens is 2. The minimum Gasteiger partial charge on any atom is -0.337 e. The van der Waals surface area contributed by atoms with Crippen LogP contribution in [0.2, 0.25) is 0 Å². The molecule has 20 heavy (non-hydrogen) atoms. The number of aryl methyl sites for hydroxylation is 1. The van der Waals surface area contributed by atoms with Gasteiger partial charge in [-0.05, 0) is 18.6 Å². The van der Waals surface area contributed by atoms with Gasteiger partial charge in [-0.15, -0.1) is 0 Å². The number of hydrogen-bond donors (Lipinski definition) is 0. The number of carbonyl (C=O) groups excluding carboxylic acids is 2. The van der Waals surface area contributed by atoms with Crippen LogP contribution in [-0.4, -0.2) is 26.9 Å². The maximum Gasteiger partial charge on any atom is 0.262 e. The highest BCUT2D eigenvalue weighted by Gasteiger charge is 2.36. The number of benzene rings is 1. The van der Waals surface area contributed by atoms with E-state index < -0.39 is 0 Å². The zero-order valence-electron chi connectivity index (χ0n) is 11.0. The van der Waals surface area contributed by atoms with Gasteiger partial charge in [0.05, 0.1) is 11.1 Å². The Bertz CT molecular complexity index is 643. The molecule has 0 spiro atoms. The van der Waals surface area contributed by atoms with Crippen LogP contribution in [0.3, 0.4) is 0 Å². The molecule has 0 saturated carbocycles. The minimum atomic E-state index is -0.319. The van der Waals surface area contributed by atoms with E-state index in [9.17, 15) is 9.59 Å². The van der Waals surface area contributed by atoms with Gasteiger partial charge in [0.1, 0.15) is 6.54 Å². The van der Waals surface area contributed by atoms with Gasteiger partial charge in [0.25, 0.3) is 11.8 Å². The molecular weight excluding hydrogens is 258 g/mol. The standard InChI is InChI=1S/C14H13N3O3/c1-2-5-11-15-12(20-16-11)8-17-13(18)9-6-3-4-7-10(9)14(17)19/h3-4,6-7H,2,5,8H2,1H3. The van der Waals surface area contributed by atoms with Crippen LogP contribution in [-0.2, 0) is 13.0 Å². The van der Waals surface area contributed by atoms with Crippen molar-refractivity contribution in [3.8, 4) is 0 Å². The number of carbonyl (C=O) groups is 2. The van der Waals surface area contributed by atoms with E-state index in [4.69, 9.17) is 4.52 Å². The molecule has 0 fully saturated rings. The molecule has 1 aromatic carbocycles. The third-order valence-corrected chi connectivity index (χ3v) is 3.16. The Morgan fingerprint density at radius 2 is 1.80 bits per heavy atom. The van der Waals surface area contributed by atoms with Gasteiger partial charge in [-0.3, -0.25) is 14.5 Å². The lowest BCUT2D eigenvalue weighted by atomic mass is 10.1. The van der Waals surface area contributed by atoms with Crippen molar-refractivity contribution in [3.05, 3.63) is 47.1 Å². The van der Waals surface area contributed by atoms with Gasteiger partial charge in [-0.1, -0.05) is 24.2 Å². The van der Waals surface area contributed by atoms with Gasteiger partial charge in [0.15, 0.2) is 5.82 Å². The summed E-state index contributed by atoms with van der Waals surface area (Å²) >= 11 is 0. The molecule has 0 unspecified atom stereocenters. The summed E-state index contributed by atoms with van der Waals surface area (Å²) in [5, 5.41) is 3.81. The number of rotatable bonds is 4. The van der Waals surface area contributed by atoms with Crippen molar-refractivity contribution in [2.24, 2.45) is 0 Å². The average Bonchev–Trinajstić information content (AvgIpc) is 2.99. The Morgan fingerprint density at radius 3 is 2.40 bits per heavy atom. The fraction of sp³-hybridized carbons (Fsp3) is 0.286. The van der Waals surface area contributed by atoms with Crippen LogP contribution in [0.15, 0.2) is 28.8 Å². The molecule has 1 aliphatic heterocycles. The Kier molecular flexibility index (Phi) is 3.06. The SMILES string of the molecule is CCCc1noc(CN2C(=O)c3ccccc3C2=O)n1. The van der Waals surface area contributed by atoms with Crippen molar-refractivity contribution in [2.45, 2.75) is 26.3 Å². The Labute approximate surface area is 115 Å². The van der Waals surface area contributed by atoms with Crippen LogP contribution in [0.25, 0.3) is 0 Å². The molecule has 102 valence electrons. The molecule has 0 radical (unpaired) electrons. The van der Waals surface area contributed by atoms with Crippen molar-refractivity contribution in [2.75, 3.05) is 0 Å². The molecule has 2 heterocycles. The minimum absolute atomic E-state index is 0.0169. The van der Waals surface area contributed by atoms with Crippen LogP contribution in [0.5, 0.6) is 0 Å². The van der Waals surface area contributed by atoms with Gasteiger partial charge in [0, 0.05) is 6.42 Å². The second-order valence-electron chi connectivity index (χ2n) is 4.60. The first-order chi connectivity index (χ1) is 9.70. The van der Waals surface area contributed by atoms with Crippen molar-refractivity contribution in [1.29, 1.82) is 0 Å². The van der Waals surface area contributed by atoms with Crippen molar-refractivity contribution in [3.63, 3.8) is 0 Å². The molecule has 1 aliphatic rings. The third-order valence-electron chi connectivity index (χ3n) is 3.16. The van der Waals surface area contributed by atoms with Crippen LogP contribution < -0.4 is 0 Å². The highest BCUT2D eigenvalue weighted by Crippen LogP contribution is 2.23. The maximum absolute atomic E-state index is 12.2. The first-order valence-corrected chi connectivity index (χ1v) is 6.47. The van der Waals surface area contributed by atoms with E-state index in [0.29, 0.717) is 23.4 Å². The van der Waals surface area contributed by atoms with Gasteiger partial charge in [0.2, 0.25) is 5.89 Å². The molecule has 2 aromatic rings. The van der Waals surface area contributed by atoms with E-state index >= 15 is 0 Å². The predicted octanol–water partition coefficient (Wildman–Crippen LogP) is 1.82. The molecule has 6 heteroatoms. The number of fused-ring (bicyclic) bond motifs is 1. The summed E-state index contributed by atoms with van der Waals surface area (Å²) in [4.78, 5) is 29.6. The molecule has 0 atom stereocenters. The molecule has 6 nitrogen and oxygen atoms in total. The summed E-state index contributed by atoms with van der Waals surface area (Å²) in [6.07, 6.45) is 1.62. The average molecular weight is 271 g/mol. The summed E-state index contributed by atoms with van der Waals surface area (Å²) in [6, 6.07) is 6.76. The zero-order chi connectivity index (χ0) is 14.1.